The lowest BCUT2D eigenvalue weighted by Gasteiger charge is -2.62. The van der Waals surface area contributed by atoms with Crippen LogP contribution in [-0.2, 0) is 9.53 Å². The van der Waals surface area contributed by atoms with Crippen molar-refractivity contribution in [3.05, 3.63) is 25.6 Å². The van der Waals surface area contributed by atoms with E-state index in [9.17, 15) is 9.90 Å². The van der Waals surface area contributed by atoms with Crippen LogP contribution < -0.4 is 0 Å². The lowest BCUT2D eigenvalue weighted by Crippen LogP contribution is -2.57. The highest BCUT2D eigenvalue weighted by Crippen LogP contribution is 2.68. The summed E-state index contributed by atoms with van der Waals surface area (Å²) in [5.74, 6) is 3.28. The molecule has 174 valence electrons. The fourth-order valence-corrected chi connectivity index (χ4v) is 8.74. The van der Waals surface area contributed by atoms with Crippen LogP contribution in [0.4, 0.5) is 0 Å². The standard InChI is InChI=1S/C27H43NO3/c1-6-28(7-2)17-24(29)23-11-10-21-20-9-8-19-16-27(30,18-31-5)15-14-25(19,3)22(20)12-13-26(21,23)4/h6-7,19-23,30H,1-2,8-18H2,3-5H3/t19-,20-,21-,22-,23+,25-,26-,27+/m0/s1. The molecule has 31 heavy (non-hydrogen) atoms. The Labute approximate surface area is 189 Å². The van der Waals surface area contributed by atoms with Gasteiger partial charge in [-0.1, -0.05) is 27.0 Å². The highest BCUT2D eigenvalue weighted by Gasteiger charge is 2.62. The number of Topliss-reactive ketones (excluding diaryl/α,β-unsaturated/α-hetero) is 1. The first kappa shape index (κ1) is 23.0. The first-order chi connectivity index (χ1) is 14.7. The molecule has 0 bridgehead atoms. The molecule has 0 aromatic heterocycles. The number of carbonyl (C=O) groups is 1. The van der Waals surface area contributed by atoms with E-state index in [1.807, 2.05) is 4.90 Å². The van der Waals surface area contributed by atoms with Gasteiger partial charge < -0.3 is 14.7 Å². The summed E-state index contributed by atoms with van der Waals surface area (Å²) in [4.78, 5) is 15.1. The van der Waals surface area contributed by atoms with Crippen molar-refractivity contribution in [3.8, 4) is 0 Å². The molecule has 0 aromatic rings. The molecule has 4 fully saturated rings. The summed E-state index contributed by atoms with van der Waals surface area (Å²) in [5, 5.41) is 11.0. The summed E-state index contributed by atoms with van der Waals surface area (Å²) in [5.41, 5.74) is -0.169. The zero-order valence-electron chi connectivity index (χ0n) is 19.9. The topological polar surface area (TPSA) is 49.8 Å². The number of nitrogens with zero attached hydrogens (tertiary/aromatic N) is 1. The molecule has 0 spiro atoms. The number of rotatable bonds is 7. The Morgan fingerprint density at radius 1 is 1.03 bits per heavy atom. The molecule has 4 heteroatoms. The molecule has 0 aromatic carbocycles. The molecular weight excluding hydrogens is 386 g/mol. The van der Waals surface area contributed by atoms with E-state index in [4.69, 9.17) is 4.74 Å². The number of aliphatic hydroxyl groups is 1. The maximum Gasteiger partial charge on any atom is 0.156 e. The monoisotopic (exact) mass is 429 g/mol. The van der Waals surface area contributed by atoms with E-state index in [1.54, 1.807) is 19.5 Å². The Balaban J connectivity index is 1.50. The van der Waals surface area contributed by atoms with E-state index in [0.29, 0.717) is 36.2 Å². The fourth-order valence-electron chi connectivity index (χ4n) is 8.74. The Bertz CT molecular complexity index is 713. The van der Waals surface area contributed by atoms with Crippen molar-refractivity contribution in [1.29, 1.82) is 0 Å². The third kappa shape index (κ3) is 3.72. The molecule has 0 aliphatic heterocycles. The van der Waals surface area contributed by atoms with Crippen LogP contribution in [0.1, 0.15) is 71.6 Å². The van der Waals surface area contributed by atoms with Gasteiger partial charge in [0, 0.05) is 13.0 Å². The number of ketones is 1. The second kappa shape index (κ2) is 8.33. The molecule has 0 unspecified atom stereocenters. The molecule has 0 radical (unpaired) electrons. The van der Waals surface area contributed by atoms with Gasteiger partial charge in [0.25, 0.3) is 0 Å². The molecule has 0 amide bonds. The summed E-state index contributed by atoms with van der Waals surface area (Å²) in [6, 6.07) is 0. The van der Waals surface area contributed by atoms with Gasteiger partial charge >= 0.3 is 0 Å². The van der Waals surface area contributed by atoms with Gasteiger partial charge in [0.05, 0.1) is 18.8 Å². The molecule has 8 atom stereocenters. The smallest absolute Gasteiger partial charge is 0.156 e. The Hall–Kier alpha value is -1.13. The Morgan fingerprint density at radius 2 is 1.74 bits per heavy atom. The number of carbonyl (C=O) groups excluding carboxylic acids is 1. The van der Waals surface area contributed by atoms with E-state index in [1.165, 1.54) is 32.1 Å². The Kier molecular flexibility index (Phi) is 6.20. The van der Waals surface area contributed by atoms with Crippen LogP contribution in [0.25, 0.3) is 0 Å². The second-order valence-electron chi connectivity index (χ2n) is 11.7. The fraction of sp³-hybridized carbons (Fsp3) is 0.815. The average molecular weight is 430 g/mol. The van der Waals surface area contributed by atoms with E-state index in [0.717, 1.165) is 37.5 Å². The quantitative estimate of drug-likeness (QED) is 0.606. The van der Waals surface area contributed by atoms with E-state index >= 15 is 0 Å². The summed E-state index contributed by atoms with van der Waals surface area (Å²) in [6.45, 7) is 13.4. The number of ether oxygens (including phenoxy) is 1. The minimum Gasteiger partial charge on any atom is -0.387 e. The predicted molar refractivity (Wildman–Crippen MR) is 124 cm³/mol. The van der Waals surface area contributed by atoms with Crippen molar-refractivity contribution in [1.82, 2.24) is 4.90 Å². The van der Waals surface area contributed by atoms with Crippen LogP contribution in [0.5, 0.6) is 0 Å². The second-order valence-corrected chi connectivity index (χ2v) is 11.7. The summed E-state index contributed by atoms with van der Waals surface area (Å²) in [6.07, 6.45) is 13.4. The maximum atomic E-state index is 13.2. The first-order valence-electron chi connectivity index (χ1n) is 12.5. The zero-order chi connectivity index (χ0) is 22.4. The van der Waals surface area contributed by atoms with Gasteiger partial charge in [0.15, 0.2) is 5.78 Å². The number of hydrogen-bond acceptors (Lipinski definition) is 4. The van der Waals surface area contributed by atoms with E-state index in [2.05, 4.69) is 27.0 Å². The number of methoxy groups -OCH3 is 1. The van der Waals surface area contributed by atoms with Gasteiger partial charge in [-0.2, -0.15) is 0 Å². The van der Waals surface area contributed by atoms with Crippen LogP contribution in [0.3, 0.4) is 0 Å². The van der Waals surface area contributed by atoms with E-state index < -0.39 is 5.60 Å². The molecule has 0 saturated heterocycles. The number of fused-ring (bicyclic) bond motifs is 5. The van der Waals surface area contributed by atoms with Gasteiger partial charge in [-0.25, -0.2) is 0 Å². The lowest BCUT2D eigenvalue weighted by atomic mass is 9.44. The van der Waals surface area contributed by atoms with Crippen LogP contribution in [0.15, 0.2) is 25.6 Å². The van der Waals surface area contributed by atoms with Crippen molar-refractivity contribution in [3.63, 3.8) is 0 Å². The van der Waals surface area contributed by atoms with Crippen LogP contribution in [0.2, 0.25) is 0 Å². The third-order valence-corrected chi connectivity index (χ3v) is 10.4. The van der Waals surface area contributed by atoms with Gasteiger partial charge in [-0.3, -0.25) is 4.79 Å². The molecule has 0 heterocycles. The van der Waals surface area contributed by atoms with E-state index in [-0.39, 0.29) is 11.3 Å². The van der Waals surface area contributed by atoms with Crippen molar-refractivity contribution >= 4 is 5.78 Å². The zero-order valence-corrected chi connectivity index (χ0v) is 19.9. The Morgan fingerprint density at radius 3 is 2.42 bits per heavy atom. The minimum absolute atomic E-state index is 0.140. The molecule has 4 aliphatic carbocycles. The predicted octanol–water partition coefficient (Wildman–Crippen LogP) is 5.18. The summed E-state index contributed by atoms with van der Waals surface area (Å²) in [7, 11) is 1.70. The first-order valence-corrected chi connectivity index (χ1v) is 12.5. The van der Waals surface area contributed by atoms with Crippen molar-refractivity contribution in [2.75, 3.05) is 20.3 Å². The normalized spacial score (nSPS) is 46.4. The molecule has 1 N–H and O–H groups in total. The van der Waals surface area contributed by atoms with Gasteiger partial charge in [0.2, 0.25) is 0 Å². The van der Waals surface area contributed by atoms with Gasteiger partial charge in [-0.05, 0) is 105 Å². The summed E-state index contributed by atoms with van der Waals surface area (Å²) >= 11 is 0. The highest BCUT2D eigenvalue weighted by atomic mass is 16.5. The molecule has 4 rings (SSSR count). The third-order valence-electron chi connectivity index (χ3n) is 10.4. The van der Waals surface area contributed by atoms with Crippen molar-refractivity contribution in [2.24, 2.45) is 40.4 Å². The van der Waals surface area contributed by atoms with Crippen LogP contribution in [0, 0.1) is 40.4 Å². The largest absolute Gasteiger partial charge is 0.387 e. The molecule has 4 saturated carbocycles. The molecule has 4 nitrogen and oxygen atoms in total. The average Bonchev–Trinajstić information content (AvgIpc) is 3.10. The maximum absolute atomic E-state index is 13.2. The van der Waals surface area contributed by atoms with Crippen molar-refractivity contribution < 1.29 is 14.6 Å². The van der Waals surface area contributed by atoms with Gasteiger partial charge in [-0.15, -0.1) is 0 Å². The van der Waals surface area contributed by atoms with Crippen LogP contribution >= 0.6 is 0 Å². The van der Waals surface area contributed by atoms with Crippen molar-refractivity contribution in [2.45, 2.75) is 77.2 Å². The van der Waals surface area contributed by atoms with Crippen LogP contribution in [-0.4, -0.2) is 41.7 Å². The lowest BCUT2D eigenvalue weighted by molar-refractivity contribution is -0.164. The highest BCUT2D eigenvalue weighted by molar-refractivity contribution is 5.84. The molecule has 4 aliphatic rings. The number of hydrogen-bond donors (Lipinski definition) is 1. The SMILES string of the molecule is C=CN(C=C)CC(=O)[C@H]1CC[C@H]2[C@@H]3CC[C@H]4C[C@@](O)(COC)CC[C@]4(C)[C@H]3CC[C@]12C. The summed E-state index contributed by atoms with van der Waals surface area (Å²) < 4.78 is 5.35. The minimum atomic E-state index is -0.637. The van der Waals surface area contributed by atoms with Gasteiger partial charge in [0.1, 0.15) is 0 Å². The molecular formula is C27H43NO3.